The predicted molar refractivity (Wildman–Crippen MR) is 111 cm³/mol. The highest BCUT2D eigenvalue weighted by atomic mass is 19.1. The van der Waals surface area contributed by atoms with Gasteiger partial charge in [-0.3, -0.25) is 4.79 Å². The van der Waals surface area contributed by atoms with Gasteiger partial charge in [-0.1, -0.05) is 32.9 Å². The van der Waals surface area contributed by atoms with E-state index in [4.69, 9.17) is 4.98 Å². The molecule has 0 atom stereocenters. The van der Waals surface area contributed by atoms with Gasteiger partial charge in [0.2, 0.25) is 0 Å². The van der Waals surface area contributed by atoms with E-state index in [2.05, 4.69) is 25.3 Å². The number of aryl methyl sites for hydroxylation is 1. The zero-order valence-electron chi connectivity index (χ0n) is 17.2. The van der Waals surface area contributed by atoms with Crippen molar-refractivity contribution < 1.29 is 13.6 Å². The van der Waals surface area contributed by atoms with Crippen molar-refractivity contribution in [2.45, 2.75) is 46.7 Å². The van der Waals surface area contributed by atoms with Crippen molar-refractivity contribution in [3.63, 3.8) is 0 Å². The van der Waals surface area contributed by atoms with Crippen LogP contribution in [0.1, 0.15) is 49.8 Å². The minimum absolute atomic E-state index is 0.117. The molecule has 0 radical (unpaired) electrons. The molecule has 154 valence electrons. The molecule has 0 saturated heterocycles. The number of fused-ring (bicyclic) bond motifs is 1. The number of halogens is 2. The Morgan fingerprint density at radius 1 is 1.17 bits per heavy atom. The summed E-state index contributed by atoms with van der Waals surface area (Å²) in [5.74, 6) is -0.826. The number of para-hydroxylation sites is 2. The molecule has 0 saturated carbocycles. The van der Waals surface area contributed by atoms with E-state index in [-0.39, 0.29) is 12.1 Å². The van der Waals surface area contributed by atoms with Crippen LogP contribution in [0.25, 0.3) is 11.0 Å². The Balaban J connectivity index is 1.96. The van der Waals surface area contributed by atoms with Gasteiger partial charge in [-0.05, 0) is 43.0 Å². The average Bonchev–Trinajstić information content (AvgIpc) is 3.02. The van der Waals surface area contributed by atoms with Crippen LogP contribution in [0.5, 0.6) is 0 Å². The summed E-state index contributed by atoms with van der Waals surface area (Å²) in [5, 5.41) is 0. The number of imidazole rings is 1. The van der Waals surface area contributed by atoms with E-state index in [1.807, 2.05) is 24.3 Å². The maximum absolute atomic E-state index is 14.3. The lowest BCUT2D eigenvalue weighted by Crippen LogP contribution is -2.34. The maximum atomic E-state index is 14.3. The molecule has 1 aromatic heterocycles. The van der Waals surface area contributed by atoms with Crippen LogP contribution in [0, 0.1) is 17.6 Å². The molecular formula is C23H27F2N3O. The van der Waals surface area contributed by atoms with Crippen LogP contribution >= 0.6 is 0 Å². The first-order chi connectivity index (χ1) is 13.9. The van der Waals surface area contributed by atoms with Crippen molar-refractivity contribution in [2.24, 2.45) is 5.92 Å². The molecule has 29 heavy (non-hydrogen) atoms. The molecule has 0 fully saturated rings. The number of carbonyl (C=O) groups excluding carboxylic acids is 1. The third-order valence-corrected chi connectivity index (χ3v) is 4.94. The Bertz CT molecular complexity index is 997. The van der Waals surface area contributed by atoms with E-state index in [9.17, 15) is 13.6 Å². The van der Waals surface area contributed by atoms with Crippen molar-refractivity contribution in [2.75, 3.05) is 6.54 Å². The summed E-state index contributed by atoms with van der Waals surface area (Å²) < 4.78 is 29.7. The Kier molecular flexibility index (Phi) is 6.62. The second-order valence-corrected chi connectivity index (χ2v) is 7.70. The van der Waals surface area contributed by atoms with E-state index in [1.165, 1.54) is 6.07 Å². The number of amides is 1. The van der Waals surface area contributed by atoms with Gasteiger partial charge in [-0.15, -0.1) is 0 Å². The second-order valence-electron chi connectivity index (χ2n) is 7.70. The summed E-state index contributed by atoms with van der Waals surface area (Å²) in [7, 11) is 0. The predicted octanol–water partition coefficient (Wildman–Crippen LogP) is 5.41. The van der Waals surface area contributed by atoms with Crippen molar-refractivity contribution >= 4 is 16.9 Å². The summed E-state index contributed by atoms with van der Waals surface area (Å²) in [4.78, 5) is 19.4. The fourth-order valence-electron chi connectivity index (χ4n) is 3.39. The summed E-state index contributed by atoms with van der Waals surface area (Å²) in [6, 6.07) is 10.9. The van der Waals surface area contributed by atoms with Gasteiger partial charge < -0.3 is 9.47 Å². The number of benzene rings is 2. The molecule has 0 aliphatic heterocycles. The number of rotatable bonds is 8. The molecular weight excluding hydrogens is 372 g/mol. The third-order valence-electron chi connectivity index (χ3n) is 4.94. The van der Waals surface area contributed by atoms with Gasteiger partial charge in [0, 0.05) is 19.2 Å². The molecule has 3 rings (SSSR count). The summed E-state index contributed by atoms with van der Waals surface area (Å²) in [6.07, 6.45) is 1.71. The van der Waals surface area contributed by atoms with Crippen molar-refractivity contribution in [1.29, 1.82) is 0 Å². The van der Waals surface area contributed by atoms with Crippen LogP contribution in [-0.4, -0.2) is 26.9 Å². The van der Waals surface area contributed by atoms with Crippen LogP contribution in [0.4, 0.5) is 8.78 Å². The lowest BCUT2D eigenvalue weighted by molar-refractivity contribution is 0.0724. The highest BCUT2D eigenvalue weighted by Gasteiger charge is 2.22. The second kappa shape index (κ2) is 9.16. The average molecular weight is 399 g/mol. The highest BCUT2D eigenvalue weighted by Crippen LogP contribution is 2.20. The zero-order valence-corrected chi connectivity index (χ0v) is 17.2. The number of carbonyl (C=O) groups is 1. The Morgan fingerprint density at radius 2 is 1.93 bits per heavy atom. The minimum Gasteiger partial charge on any atom is -0.331 e. The van der Waals surface area contributed by atoms with Crippen LogP contribution in [0.15, 0.2) is 42.5 Å². The minimum atomic E-state index is -0.841. The van der Waals surface area contributed by atoms with E-state index in [0.717, 1.165) is 48.4 Å². The van der Waals surface area contributed by atoms with Gasteiger partial charge >= 0.3 is 0 Å². The standard InChI is InChI=1S/C23H27F2N3O/c1-4-12-28-21-8-6-5-7-20(21)26-22(28)15-27(13-11-16(2)3)23(29)18-10-9-17(24)14-19(18)25/h5-10,14,16H,4,11-13,15H2,1-3H3. The van der Waals surface area contributed by atoms with Gasteiger partial charge in [0.1, 0.15) is 17.5 Å². The summed E-state index contributed by atoms with van der Waals surface area (Å²) in [6.45, 7) is 7.78. The third kappa shape index (κ3) is 4.81. The molecule has 6 heteroatoms. The number of hydrogen-bond donors (Lipinski definition) is 0. The largest absolute Gasteiger partial charge is 0.331 e. The van der Waals surface area contributed by atoms with Gasteiger partial charge in [0.15, 0.2) is 0 Å². The van der Waals surface area contributed by atoms with Crippen molar-refractivity contribution in [3.8, 4) is 0 Å². The van der Waals surface area contributed by atoms with E-state index >= 15 is 0 Å². The first kappa shape index (κ1) is 21.0. The normalized spacial score (nSPS) is 11.4. The highest BCUT2D eigenvalue weighted by molar-refractivity contribution is 5.94. The smallest absolute Gasteiger partial charge is 0.257 e. The van der Waals surface area contributed by atoms with Crippen LogP contribution < -0.4 is 0 Å². The van der Waals surface area contributed by atoms with Crippen LogP contribution in [0.2, 0.25) is 0 Å². The molecule has 0 spiro atoms. The van der Waals surface area contributed by atoms with E-state index in [0.29, 0.717) is 12.5 Å². The van der Waals surface area contributed by atoms with Crippen molar-refractivity contribution in [3.05, 3.63) is 65.5 Å². The molecule has 2 aromatic carbocycles. The molecule has 0 aliphatic rings. The maximum Gasteiger partial charge on any atom is 0.257 e. The van der Waals surface area contributed by atoms with Crippen LogP contribution in [-0.2, 0) is 13.1 Å². The fourth-order valence-corrected chi connectivity index (χ4v) is 3.39. The summed E-state index contributed by atoms with van der Waals surface area (Å²) in [5.41, 5.74) is 1.78. The Hall–Kier alpha value is -2.76. The molecule has 0 bridgehead atoms. The Labute approximate surface area is 170 Å². The van der Waals surface area contributed by atoms with Gasteiger partial charge in [-0.2, -0.15) is 0 Å². The molecule has 0 unspecified atom stereocenters. The fraction of sp³-hybridized carbons (Fsp3) is 0.391. The van der Waals surface area contributed by atoms with E-state index in [1.54, 1.807) is 4.90 Å². The van der Waals surface area contributed by atoms with Gasteiger partial charge in [0.05, 0.1) is 23.1 Å². The zero-order chi connectivity index (χ0) is 21.0. The first-order valence-corrected chi connectivity index (χ1v) is 10.1. The molecule has 4 nitrogen and oxygen atoms in total. The number of aromatic nitrogens is 2. The molecule has 0 N–H and O–H groups in total. The quantitative estimate of drug-likeness (QED) is 0.508. The molecule has 1 amide bonds. The van der Waals surface area contributed by atoms with Crippen LogP contribution in [0.3, 0.4) is 0 Å². The number of nitrogens with zero attached hydrogens (tertiary/aromatic N) is 3. The lowest BCUT2D eigenvalue weighted by Gasteiger charge is -2.24. The van der Waals surface area contributed by atoms with Gasteiger partial charge in [0.25, 0.3) is 5.91 Å². The number of hydrogen-bond acceptors (Lipinski definition) is 2. The Morgan fingerprint density at radius 3 is 2.62 bits per heavy atom. The molecule has 3 aromatic rings. The van der Waals surface area contributed by atoms with Crippen molar-refractivity contribution in [1.82, 2.24) is 14.5 Å². The topological polar surface area (TPSA) is 38.1 Å². The van der Waals surface area contributed by atoms with Gasteiger partial charge in [-0.25, -0.2) is 13.8 Å². The molecule has 1 heterocycles. The lowest BCUT2D eigenvalue weighted by atomic mass is 10.1. The first-order valence-electron chi connectivity index (χ1n) is 10.1. The molecule has 0 aliphatic carbocycles. The summed E-state index contributed by atoms with van der Waals surface area (Å²) >= 11 is 0. The monoisotopic (exact) mass is 399 g/mol. The van der Waals surface area contributed by atoms with E-state index < -0.39 is 17.5 Å². The SMILES string of the molecule is CCCn1c(CN(CCC(C)C)C(=O)c2ccc(F)cc2F)nc2ccccc21.